The van der Waals surface area contributed by atoms with E-state index in [0.29, 0.717) is 18.1 Å². The minimum atomic E-state index is -0.00304. The summed E-state index contributed by atoms with van der Waals surface area (Å²) in [5.41, 5.74) is 0. The van der Waals surface area contributed by atoms with Crippen molar-refractivity contribution < 1.29 is 9.53 Å². The Kier molecular flexibility index (Phi) is 5.23. The van der Waals surface area contributed by atoms with E-state index in [1.54, 1.807) is 6.20 Å². The van der Waals surface area contributed by atoms with Crippen molar-refractivity contribution in [2.24, 2.45) is 0 Å². The molecule has 2 fully saturated rings. The SMILES string of the molecule is CC(NC(=O)N1CCN(c2ccc(Cl)cn2)CC1)C1CCCO1. The highest BCUT2D eigenvalue weighted by Crippen LogP contribution is 2.17. The maximum absolute atomic E-state index is 12.4. The molecule has 6 nitrogen and oxygen atoms in total. The normalized spacial score (nSPS) is 23.0. The van der Waals surface area contributed by atoms with Gasteiger partial charge in [-0.2, -0.15) is 0 Å². The van der Waals surface area contributed by atoms with E-state index in [0.717, 1.165) is 38.4 Å². The molecule has 0 aliphatic carbocycles. The molecule has 23 heavy (non-hydrogen) atoms. The van der Waals surface area contributed by atoms with Crippen molar-refractivity contribution in [2.45, 2.75) is 31.9 Å². The Balaban J connectivity index is 1.48. The lowest BCUT2D eigenvalue weighted by atomic mass is 10.1. The van der Waals surface area contributed by atoms with Gasteiger partial charge in [-0.05, 0) is 31.9 Å². The van der Waals surface area contributed by atoms with Gasteiger partial charge in [0.1, 0.15) is 5.82 Å². The summed E-state index contributed by atoms with van der Waals surface area (Å²) in [4.78, 5) is 20.7. The number of aromatic nitrogens is 1. The van der Waals surface area contributed by atoms with E-state index in [4.69, 9.17) is 16.3 Å². The lowest BCUT2D eigenvalue weighted by molar-refractivity contribution is 0.0831. The smallest absolute Gasteiger partial charge is 0.317 e. The number of carbonyl (C=O) groups is 1. The summed E-state index contributed by atoms with van der Waals surface area (Å²) in [5, 5.41) is 3.70. The van der Waals surface area contributed by atoms with Gasteiger partial charge >= 0.3 is 6.03 Å². The van der Waals surface area contributed by atoms with Crippen molar-refractivity contribution in [3.8, 4) is 0 Å². The predicted molar refractivity (Wildman–Crippen MR) is 90.0 cm³/mol. The molecule has 2 atom stereocenters. The van der Waals surface area contributed by atoms with E-state index >= 15 is 0 Å². The van der Waals surface area contributed by atoms with E-state index in [1.165, 1.54) is 0 Å². The van der Waals surface area contributed by atoms with Gasteiger partial charge in [-0.3, -0.25) is 0 Å². The van der Waals surface area contributed by atoms with E-state index in [1.807, 2.05) is 24.0 Å². The van der Waals surface area contributed by atoms with Gasteiger partial charge < -0.3 is 19.9 Å². The molecule has 2 unspecified atom stereocenters. The predicted octanol–water partition coefficient (Wildman–Crippen LogP) is 2.13. The average Bonchev–Trinajstić information content (AvgIpc) is 3.10. The number of hydrogen-bond acceptors (Lipinski definition) is 4. The zero-order valence-electron chi connectivity index (χ0n) is 13.4. The van der Waals surface area contributed by atoms with Crippen LogP contribution in [0.15, 0.2) is 18.3 Å². The summed E-state index contributed by atoms with van der Waals surface area (Å²) < 4.78 is 5.63. The first-order valence-electron chi connectivity index (χ1n) is 8.17. The standard InChI is InChI=1S/C16H23ClN4O2/c1-12(14-3-2-10-23-14)19-16(22)21-8-6-20(7-9-21)15-5-4-13(17)11-18-15/h4-5,11-12,14H,2-3,6-10H2,1H3,(H,19,22). The zero-order valence-corrected chi connectivity index (χ0v) is 14.1. The monoisotopic (exact) mass is 338 g/mol. The van der Waals surface area contributed by atoms with Gasteiger partial charge in [0.15, 0.2) is 0 Å². The Labute approximate surface area is 141 Å². The van der Waals surface area contributed by atoms with Crippen molar-refractivity contribution in [3.63, 3.8) is 0 Å². The summed E-state index contributed by atoms with van der Waals surface area (Å²) in [5.74, 6) is 0.905. The Bertz CT molecular complexity index is 525. The molecule has 1 aromatic rings. The number of amides is 2. The molecule has 0 saturated carbocycles. The lowest BCUT2D eigenvalue weighted by Gasteiger charge is -2.36. The highest BCUT2D eigenvalue weighted by Gasteiger charge is 2.27. The zero-order chi connectivity index (χ0) is 16.2. The van der Waals surface area contributed by atoms with Gasteiger partial charge in [-0.25, -0.2) is 9.78 Å². The molecule has 2 amide bonds. The van der Waals surface area contributed by atoms with Crippen LogP contribution < -0.4 is 10.2 Å². The Morgan fingerprint density at radius 1 is 1.39 bits per heavy atom. The number of piperazine rings is 1. The summed E-state index contributed by atoms with van der Waals surface area (Å²) in [7, 11) is 0. The molecule has 3 rings (SSSR count). The van der Waals surface area contributed by atoms with Gasteiger partial charge in [0.05, 0.1) is 17.2 Å². The number of urea groups is 1. The molecule has 0 radical (unpaired) electrons. The molecule has 0 spiro atoms. The number of nitrogens with zero attached hydrogens (tertiary/aromatic N) is 3. The first kappa shape index (κ1) is 16.3. The molecule has 2 saturated heterocycles. The van der Waals surface area contributed by atoms with Gasteiger partial charge in [-0.1, -0.05) is 11.6 Å². The molecule has 1 aromatic heterocycles. The minimum Gasteiger partial charge on any atom is -0.376 e. The van der Waals surface area contributed by atoms with Crippen LogP contribution in [0.2, 0.25) is 5.02 Å². The largest absolute Gasteiger partial charge is 0.376 e. The van der Waals surface area contributed by atoms with Gasteiger partial charge in [0.25, 0.3) is 0 Å². The van der Waals surface area contributed by atoms with Crippen LogP contribution in [0.4, 0.5) is 10.6 Å². The minimum absolute atomic E-state index is 0.00304. The first-order chi connectivity index (χ1) is 11.1. The number of rotatable bonds is 3. The molecule has 0 aromatic carbocycles. The number of ether oxygens (including phenoxy) is 1. The number of carbonyl (C=O) groups excluding carboxylic acids is 1. The molecule has 0 bridgehead atoms. The molecule has 3 heterocycles. The number of pyridine rings is 1. The summed E-state index contributed by atoms with van der Waals surface area (Å²) in [6, 6.07) is 3.81. The number of halogens is 1. The maximum Gasteiger partial charge on any atom is 0.317 e. The second-order valence-electron chi connectivity index (χ2n) is 6.10. The Morgan fingerprint density at radius 2 is 2.17 bits per heavy atom. The molecular formula is C16H23ClN4O2. The van der Waals surface area contributed by atoms with Crippen molar-refractivity contribution in [3.05, 3.63) is 23.4 Å². The third-order valence-electron chi connectivity index (χ3n) is 4.48. The van der Waals surface area contributed by atoms with Gasteiger partial charge in [-0.15, -0.1) is 0 Å². The van der Waals surface area contributed by atoms with Crippen LogP contribution in [-0.4, -0.2) is 60.8 Å². The van der Waals surface area contributed by atoms with Crippen LogP contribution in [0.5, 0.6) is 0 Å². The van der Waals surface area contributed by atoms with Gasteiger partial charge in [0.2, 0.25) is 0 Å². The number of nitrogens with one attached hydrogen (secondary N) is 1. The first-order valence-corrected chi connectivity index (χ1v) is 8.55. The van der Waals surface area contributed by atoms with E-state index < -0.39 is 0 Å². The molecule has 126 valence electrons. The Hall–Kier alpha value is -1.53. The van der Waals surface area contributed by atoms with Crippen molar-refractivity contribution in [1.29, 1.82) is 0 Å². The number of hydrogen-bond donors (Lipinski definition) is 1. The number of anilines is 1. The van der Waals surface area contributed by atoms with Crippen LogP contribution in [0.3, 0.4) is 0 Å². The Morgan fingerprint density at radius 3 is 2.78 bits per heavy atom. The van der Waals surface area contributed by atoms with Crippen LogP contribution in [0, 0.1) is 0 Å². The molecular weight excluding hydrogens is 316 g/mol. The average molecular weight is 339 g/mol. The quantitative estimate of drug-likeness (QED) is 0.917. The highest BCUT2D eigenvalue weighted by atomic mass is 35.5. The highest BCUT2D eigenvalue weighted by molar-refractivity contribution is 6.30. The fourth-order valence-corrected chi connectivity index (χ4v) is 3.18. The third kappa shape index (κ3) is 4.06. The van der Waals surface area contributed by atoms with Crippen LogP contribution in [0.25, 0.3) is 0 Å². The topological polar surface area (TPSA) is 57.7 Å². The van der Waals surface area contributed by atoms with Crippen LogP contribution >= 0.6 is 11.6 Å². The summed E-state index contributed by atoms with van der Waals surface area (Å²) >= 11 is 5.87. The van der Waals surface area contributed by atoms with E-state index in [9.17, 15) is 4.79 Å². The van der Waals surface area contributed by atoms with Crippen LogP contribution in [0.1, 0.15) is 19.8 Å². The van der Waals surface area contributed by atoms with Crippen molar-refractivity contribution >= 4 is 23.4 Å². The van der Waals surface area contributed by atoms with E-state index in [2.05, 4.69) is 15.2 Å². The second kappa shape index (κ2) is 7.36. The molecule has 1 N–H and O–H groups in total. The fraction of sp³-hybridized carbons (Fsp3) is 0.625. The molecule has 2 aliphatic rings. The van der Waals surface area contributed by atoms with Crippen molar-refractivity contribution in [2.75, 3.05) is 37.7 Å². The molecule has 7 heteroatoms. The lowest BCUT2D eigenvalue weighted by Crippen LogP contribution is -2.54. The molecule has 2 aliphatic heterocycles. The van der Waals surface area contributed by atoms with Gasteiger partial charge in [0, 0.05) is 39.0 Å². The van der Waals surface area contributed by atoms with E-state index in [-0.39, 0.29) is 18.2 Å². The summed E-state index contributed by atoms with van der Waals surface area (Å²) in [6.07, 6.45) is 3.91. The summed E-state index contributed by atoms with van der Waals surface area (Å²) in [6.45, 7) is 5.74. The maximum atomic E-state index is 12.4. The fourth-order valence-electron chi connectivity index (χ4n) is 3.07. The second-order valence-corrected chi connectivity index (χ2v) is 6.53. The third-order valence-corrected chi connectivity index (χ3v) is 4.70. The van der Waals surface area contributed by atoms with Crippen LogP contribution in [-0.2, 0) is 4.74 Å². The van der Waals surface area contributed by atoms with Crippen molar-refractivity contribution in [1.82, 2.24) is 15.2 Å².